The van der Waals surface area contributed by atoms with Gasteiger partial charge in [0.1, 0.15) is 6.54 Å². The van der Waals surface area contributed by atoms with E-state index in [0.717, 1.165) is 9.21 Å². The molecule has 0 radical (unpaired) electrons. The molecule has 0 aliphatic carbocycles. The molecule has 0 spiro atoms. The number of hydrogen-bond acceptors (Lipinski definition) is 4. The van der Waals surface area contributed by atoms with Gasteiger partial charge in [-0.05, 0) is 0 Å². The van der Waals surface area contributed by atoms with Crippen LogP contribution in [0.15, 0.2) is 0 Å². The van der Waals surface area contributed by atoms with Crippen molar-refractivity contribution in [2.24, 2.45) is 0 Å². The average Bonchev–Trinajstić information content (AvgIpc) is 2.27. The number of nitrogens with zero attached hydrogens (tertiary/aromatic N) is 2. The molecule has 0 unspecified atom stereocenters. The van der Waals surface area contributed by atoms with Crippen LogP contribution in [0.2, 0.25) is 0 Å². The molecule has 19 heavy (non-hydrogen) atoms. The van der Waals surface area contributed by atoms with Gasteiger partial charge in [0, 0.05) is 20.6 Å². The molecule has 0 fully saturated rings. The summed E-state index contributed by atoms with van der Waals surface area (Å²) in [5, 5.41) is 10.9. The molecule has 8 nitrogen and oxygen atoms in total. The molecule has 2 N–H and O–H groups in total. The molecule has 9 heteroatoms. The Labute approximate surface area is 112 Å². The van der Waals surface area contributed by atoms with Gasteiger partial charge in [0.15, 0.2) is 0 Å². The van der Waals surface area contributed by atoms with E-state index < -0.39 is 28.6 Å². The monoisotopic (exact) mass is 291 g/mol. The van der Waals surface area contributed by atoms with Crippen molar-refractivity contribution in [1.29, 1.82) is 0 Å². The molecule has 2 amide bonds. The highest BCUT2D eigenvalue weighted by Crippen LogP contribution is 1.93. The first kappa shape index (κ1) is 17.2. The molecular formula is C10H17N3O5S. The second kappa shape index (κ2) is 7.60. The molecule has 0 aliphatic heterocycles. The van der Waals surface area contributed by atoms with Gasteiger partial charge in [-0.1, -0.05) is 5.92 Å². The number of carboxylic acid groups (broad SMARTS) is 1. The van der Waals surface area contributed by atoms with Crippen molar-refractivity contribution in [1.82, 2.24) is 14.5 Å². The second-order valence-corrected chi connectivity index (χ2v) is 6.09. The highest BCUT2D eigenvalue weighted by Gasteiger charge is 2.17. The summed E-state index contributed by atoms with van der Waals surface area (Å²) in [6.45, 7) is -0.838. The van der Waals surface area contributed by atoms with Crippen molar-refractivity contribution in [3.05, 3.63) is 0 Å². The van der Waals surface area contributed by atoms with Crippen LogP contribution >= 0.6 is 0 Å². The summed E-state index contributed by atoms with van der Waals surface area (Å²) in [4.78, 5) is 23.0. The Kier molecular flexibility index (Phi) is 6.89. The van der Waals surface area contributed by atoms with Gasteiger partial charge in [-0.3, -0.25) is 4.79 Å². The molecule has 0 saturated heterocycles. The standard InChI is InChI=1S/C10H17N3O5S/c1-4-6-13(8-9(14)15)10(16)11-5-7-19(17,18)12(2)3/h1H,5-8H2,2-3H3,(H,11,16)(H,14,15). The molecule has 0 heterocycles. The number of hydrogen-bond donors (Lipinski definition) is 2. The Morgan fingerprint density at radius 3 is 2.37 bits per heavy atom. The second-order valence-electron chi connectivity index (χ2n) is 3.78. The molecule has 0 aromatic rings. The lowest BCUT2D eigenvalue weighted by Gasteiger charge is -2.19. The van der Waals surface area contributed by atoms with Crippen molar-refractivity contribution in [3.8, 4) is 12.3 Å². The molecule has 108 valence electrons. The zero-order valence-electron chi connectivity index (χ0n) is 10.8. The molecule has 0 aromatic carbocycles. The lowest BCUT2D eigenvalue weighted by atomic mass is 10.5. The summed E-state index contributed by atoms with van der Waals surface area (Å²) in [5.41, 5.74) is 0. The third-order valence-corrected chi connectivity index (χ3v) is 3.92. The summed E-state index contributed by atoms with van der Waals surface area (Å²) in [5.74, 6) is 0.677. The van der Waals surface area contributed by atoms with E-state index in [0.29, 0.717) is 0 Å². The van der Waals surface area contributed by atoms with E-state index in [9.17, 15) is 18.0 Å². The zero-order chi connectivity index (χ0) is 15.1. The quantitative estimate of drug-likeness (QED) is 0.561. The number of urea groups is 1. The smallest absolute Gasteiger partial charge is 0.323 e. The fourth-order valence-corrected chi connectivity index (χ4v) is 1.78. The lowest BCUT2D eigenvalue weighted by molar-refractivity contribution is -0.137. The van der Waals surface area contributed by atoms with Gasteiger partial charge >= 0.3 is 12.0 Å². The number of terminal acetylenes is 1. The third kappa shape index (κ3) is 6.64. The number of amides is 2. The first-order chi connectivity index (χ1) is 8.70. The van der Waals surface area contributed by atoms with Crippen LogP contribution in [0.5, 0.6) is 0 Å². The van der Waals surface area contributed by atoms with E-state index in [-0.39, 0.29) is 18.8 Å². The Hall–Kier alpha value is -1.79. The number of sulfonamides is 1. The Bertz CT molecular complexity index is 466. The predicted molar refractivity (Wildman–Crippen MR) is 68.9 cm³/mol. The maximum atomic E-state index is 11.6. The summed E-state index contributed by atoms with van der Waals surface area (Å²) < 4.78 is 23.9. The maximum absolute atomic E-state index is 11.6. The van der Waals surface area contributed by atoms with Crippen LogP contribution in [0.1, 0.15) is 0 Å². The minimum Gasteiger partial charge on any atom is -0.480 e. The van der Waals surface area contributed by atoms with Crippen LogP contribution in [0, 0.1) is 12.3 Å². The SMILES string of the molecule is C#CCN(CC(=O)O)C(=O)NCCS(=O)(=O)N(C)C. The van der Waals surface area contributed by atoms with E-state index in [4.69, 9.17) is 11.5 Å². The number of carbonyl (C=O) groups excluding carboxylic acids is 1. The van der Waals surface area contributed by atoms with E-state index in [1.807, 2.05) is 0 Å². The fraction of sp³-hybridized carbons (Fsp3) is 0.600. The van der Waals surface area contributed by atoms with Crippen LogP contribution in [-0.4, -0.2) is 74.2 Å². The molecule has 0 bridgehead atoms. The third-order valence-electron chi connectivity index (χ3n) is 2.09. The number of rotatable bonds is 7. The first-order valence-electron chi connectivity index (χ1n) is 5.29. The van der Waals surface area contributed by atoms with Crippen LogP contribution in [-0.2, 0) is 14.8 Å². The Morgan fingerprint density at radius 1 is 1.37 bits per heavy atom. The molecule has 0 aliphatic rings. The first-order valence-corrected chi connectivity index (χ1v) is 6.90. The number of aliphatic carboxylic acids is 1. The zero-order valence-corrected chi connectivity index (χ0v) is 11.6. The minimum absolute atomic E-state index is 0.125. The van der Waals surface area contributed by atoms with Crippen molar-refractivity contribution < 1.29 is 23.1 Å². The summed E-state index contributed by atoms with van der Waals surface area (Å²) >= 11 is 0. The van der Waals surface area contributed by atoms with Crippen molar-refractivity contribution >= 4 is 22.0 Å². The highest BCUT2D eigenvalue weighted by molar-refractivity contribution is 7.89. The van der Waals surface area contributed by atoms with Gasteiger partial charge in [0.2, 0.25) is 10.0 Å². The average molecular weight is 291 g/mol. The summed E-state index contributed by atoms with van der Waals surface area (Å²) in [7, 11) is -0.649. The van der Waals surface area contributed by atoms with E-state index in [1.165, 1.54) is 14.1 Å². The number of carboxylic acids is 1. The molecule has 0 atom stereocenters. The van der Waals surface area contributed by atoms with Crippen molar-refractivity contribution in [2.75, 3.05) is 39.5 Å². The van der Waals surface area contributed by atoms with E-state index >= 15 is 0 Å². The van der Waals surface area contributed by atoms with Gasteiger partial charge in [0.05, 0.1) is 12.3 Å². The maximum Gasteiger partial charge on any atom is 0.323 e. The number of carbonyl (C=O) groups is 2. The molecular weight excluding hydrogens is 274 g/mol. The van der Waals surface area contributed by atoms with Gasteiger partial charge in [-0.25, -0.2) is 17.5 Å². The number of nitrogens with one attached hydrogen (secondary N) is 1. The van der Waals surface area contributed by atoms with Crippen molar-refractivity contribution in [3.63, 3.8) is 0 Å². The van der Waals surface area contributed by atoms with Crippen LogP contribution in [0.4, 0.5) is 4.79 Å². The topological polar surface area (TPSA) is 107 Å². The molecule has 0 aromatic heterocycles. The predicted octanol–water partition coefficient (Wildman–Crippen LogP) is -1.39. The highest BCUT2D eigenvalue weighted by atomic mass is 32.2. The van der Waals surface area contributed by atoms with Gasteiger partial charge in [-0.2, -0.15) is 0 Å². The van der Waals surface area contributed by atoms with Gasteiger partial charge in [-0.15, -0.1) is 6.42 Å². The van der Waals surface area contributed by atoms with Gasteiger partial charge in [0.25, 0.3) is 0 Å². The Balaban J connectivity index is 4.36. The van der Waals surface area contributed by atoms with E-state index in [2.05, 4.69) is 11.2 Å². The summed E-state index contributed by atoms with van der Waals surface area (Å²) in [6, 6.07) is -0.714. The lowest BCUT2D eigenvalue weighted by Crippen LogP contribution is -2.44. The van der Waals surface area contributed by atoms with Gasteiger partial charge < -0.3 is 15.3 Å². The Morgan fingerprint density at radius 2 is 1.95 bits per heavy atom. The fourth-order valence-electron chi connectivity index (χ4n) is 1.05. The largest absolute Gasteiger partial charge is 0.480 e. The summed E-state index contributed by atoms with van der Waals surface area (Å²) in [6.07, 6.45) is 5.01. The molecule has 0 rings (SSSR count). The normalized spacial score (nSPS) is 10.8. The van der Waals surface area contributed by atoms with Crippen LogP contribution in [0.25, 0.3) is 0 Å². The van der Waals surface area contributed by atoms with Crippen LogP contribution < -0.4 is 5.32 Å². The van der Waals surface area contributed by atoms with E-state index in [1.54, 1.807) is 0 Å². The van der Waals surface area contributed by atoms with Crippen LogP contribution in [0.3, 0.4) is 0 Å². The van der Waals surface area contributed by atoms with Crippen molar-refractivity contribution in [2.45, 2.75) is 0 Å². The molecule has 0 saturated carbocycles. The minimum atomic E-state index is -3.41.